The van der Waals surface area contributed by atoms with E-state index in [9.17, 15) is 8.42 Å². The van der Waals surface area contributed by atoms with Crippen molar-refractivity contribution in [2.75, 3.05) is 64.3 Å². The summed E-state index contributed by atoms with van der Waals surface area (Å²) in [6.45, 7) is 10.2. The van der Waals surface area contributed by atoms with Crippen LogP contribution in [-0.4, -0.2) is 96.7 Å². The van der Waals surface area contributed by atoms with Gasteiger partial charge in [0, 0.05) is 83.4 Å². The Morgan fingerprint density at radius 1 is 0.968 bits per heavy atom. The number of nitrogens with zero attached hydrogens (tertiary/aromatic N) is 7. The van der Waals surface area contributed by atoms with Crippen molar-refractivity contribution in [2.24, 2.45) is 0 Å². The molecule has 0 spiro atoms. The summed E-state index contributed by atoms with van der Waals surface area (Å²) in [6.07, 6.45) is 6.63. The Balaban J connectivity index is 1.36. The van der Waals surface area contributed by atoms with Crippen molar-refractivity contribution >= 4 is 15.8 Å². The van der Waals surface area contributed by atoms with E-state index in [2.05, 4.69) is 37.9 Å². The van der Waals surface area contributed by atoms with Gasteiger partial charge in [-0.25, -0.2) is 13.4 Å². The van der Waals surface area contributed by atoms with Gasteiger partial charge in [0.2, 0.25) is 10.0 Å². The van der Waals surface area contributed by atoms with Gasteiger partial charge in [0.1, 0.15) is 10.7 Å². The predicted molar refractivity (Wildman–Crippen MR) is 121 cm³/mol. The van der Waals surface area contributed by atoms with E-state index in [1.54, 1.807) is 10.4 Å². The smallest absolute Gasteiger partial charge is 0.244 e. The lowest BCUT2D eigenvalue weighted by Crippen LogP contribution is -2.47. The lowest BCUT2D eigenvalue weighted by Gasteiger charge is -2.31. The number of likely N-dealkylation sites (N-methyl/N-ethyl adjacent to an activating group) is 1. The Hall–Kier alpha value is -2.01. The van der Waals surface area contributed by atoms with Crippen molar-refractivity contribution in [1.82, 2.24) is 28.9 Å². The van der Waals surface area contributed by atoms with Crippen molar-refractivity contribution in [3.05, 3.63) is 36.3 Å². The van der Waals surface area contributed by atoms with Crippen LogP contribution in [0.5, 0.6) is 0 Å². The maximum atomic E-state index is 12.9. The van der Waals surface area contributed by atoms with Crippen LogP contribution in [0.25, 0.3) is 0 Å². The third-order valence-corrected chi connectivity index (χ3v) is 8.03. The largest absolute Gasteiger partial charge is 0.355 e. The molecular weight excluding hydrogens is 414 g/mol. The zero-order chi connectivity index (χ0) is 21.8. The molecule has 4 rings (SSSR count). The Morgan fingerprint density at radius 3 is 2.45 bits per heavy atom. The summed E-state index contributed by atoms with van der Waals surface area (Å²) in [6, 6.07) is 3.56. The Morgan fingerprint density at radius 2 is 1.77 bits per heavy atom. The molecule has 2 fully saturated rings. The Labute approximate surface area is 185 Å². The van der Waals surface area contributed by atoms with Gasteiger partial charge in [0.15, 0.2) is 0 Å². The van der Waals surface area contributed by atoms with Crippen LogP contribution in [0.2, 0.25) is 0 Å². The van der Waals surface area contributed by atoms with Crippen molar-refractivity contribution in [3.63, 3.8) is 0 Å². The Bertz CT molecular complexity index is 952. The molecule has 2 aliphatic rings. The summed E-state index contributed by atoms with van der Waals surface area (Å²) >= 11 is 0. The van der Waals surface area contributed by atoms with Crippen molar-refractivity contribution in [3.8, 4) is 0 Å². The first-order valence-corrected chi connectivity index (χ1v) is 12.5. The second kappa shape index (κ2) is 9.64. The molecule has 170 valence electrons. The SMILES string of the molecule is CCn1cc(CN2CCCN(c3ccc(S(=O)(=O)N4CCN(C)CC4)cn3)CC2)cn1. The molecule has 2 saturated heterocycles. The molecule has 0 unspecified atom stereocenters. The number of pyridine rings is 1. The van der Waals surface area contributed by atoms with E-state index in [0.717, 1.165) is 64.6 Å². The lowest BCUT2D eigenvalue weighted by molar-refractivity contribution is 0.222. The molecule has 2 aliphatic heterocycles. The molecule has 10 heteroatoms. The number of aryl methyl sites for hydroxylation is 1. The monoisotopic (exact) mass is 447 g/mol. The average Bonchev–Trinajstić information content (AvgIpc) is 3.11. The van der Waals surface area contributed by atoms with Crippen molar-refractivity contribution in [1.29, 1.82) is 0 Å². The van der Waals surface area contributed by atoms with Crippen LogP contribution >= 0.6 is 0 Å². The van der Waals surface area contributed by atoms with Crippen LogP contribution in [-0.2, 0) is 23.1 Å². The van der Waals surface area contributed by atoms with Gasteiger partial charge in [0.05, 0.1) is 6.20 Å². The molecule has 0 aliphatic carbocycles. The number of sulfonamides is 1. The second-order valence-electron chi connectivity index (χ2n) is 8.38. The number of rotatable bonds is 6. The first-order chi connectivity index (χ1) is 15.0. The van der Waals surface area contributed by atoms with Gasteiger partial charge in [-0.3, -0.25) is 9.58 Å². The maximum absolute atomic E-state index is 12.9. The van der Waals surface area contributed by atoms with E-state index in [1.165, 1.54) is 11.8 Å². The molecule has 0 atom stereocenters. The molecule has 2 aromatic rings. The van der Waals surface area contributed by atoms with E-state index in [-0.39, 0.29) is 4.90 Å². The quantitative estimate of drug-likeness (QED) is 0.652. The van der Waals surface area contributed by atoms with E-state index < -0.39 is 10.0 Å². The van der Waals surface area contributed by atoms with Crippen LogP contribution in [0.4, 0.5) is 5.82 Å². The third kappa shape index (κ3) is 5.25. The molecule has 2 aromatic heterocycles. The zero-order valence-electron chi connectivity index (χ0n) is 18.5. The predicted octanol–water partition coefficient (Wildman–Crippen LogP) is 0.946. The molecule has 4 heterocycles. The normalized spacial score (nSPS) is 20.1. The molecule has 31 heavy (non-hydrogen) atoms. The lowest BCUT2D eigenvalue weighted by atomic mass is 10.3. The number of anilines is 1. The molecular formula is C21H33N7O2S. The highest BCUT2D eigenvalue weighted by atomic mass is 32.2. The van der Waals surface area contributed by atoms with Crippen LogP contribution in [0.1, 0.15) is 18.9 Å². The minimum absolute atomic E-state index is 0.283. The fourth-order valence-electron chi connectivity index (χ4n) is 4.17. The fraction of sp³-hybridized carbons (Fsp3) is 0.619. The van der Waals surface area contributed by atoms with E-state index in [1.807, 2.05) is 24.0 Å². The third-order valence-electron chi connectivity index (χ3n) is 6.15. The van der Waals surface area contributed by atoms with Crippen LogP contribution < -0.4 is 4.90 Å². The minimum Gasteiger partial charge on any atom is -0.355 e. The summed E-state index contributed by atoms with van der Waals surface area (Å²) in [7, 11) is -1.46. The molecule has 0 N–H and O–H groups in total. The number of hydrogen-bond acceptors (Lipinski definition) is 7. The molecule has 0 aromatic carbocycles. The van der Waals surface area contributed by atoms with E-state index in [4.69, 9.17) is 0 Å². The summed E-state index contributed by atoms with van der Waals surface area (Å²) in [5.41, 5.74) is 1.24. The molecule has 0 amide bonds. The number of aromatic nitrogens is 3. The van der Waals surface area contributed by atoms with Crippen molar-refractivity contribution < 1.29 is 8.42 Å². The molecule has 9 nitrogen and oxygen atoms in total. The van der Waals surface area contributed by atoms with E-state index in [0.29, 0.717) is 13.1 Å². The van der Waals surface area contributed by atoms with Gasteiger partial charge in [-0.15, -0.1) is 0 Å². The van der Waals surface area contributed by atoms with Gasteiger partial charge >= 0.3 is 0 Å². The van der Waals surface area contributed by atoms with Gasteiger partial charge in [-0.1, -0.05) is 0 Å². The first kappa shape index (κ1) is 22.2. The summed E-state index contributed by atoms with van der Waals surface area (Å²) < 4.78 is 29.4. The highest BCUT2D eigenvalue weighted by Crippen LogP contribution is 2.20. The summed E-state index contributed by atoms with van der Waals surface area (Å²) in [5.74, 6) is 0.845. The minimum atomic E-state index is -3.47. The number of hydrogen-bond donors (Lipinski definition) is 0. The highest BCUT2D eigenvalue weighted by molar-refractivity contribution is 7.89. The van der Waals surface area contributed by atoms with Gasteiger partial charge in [-0.05, 0) is 32.5 Å². The molecule has 0 bridgehead atoms. The maximum Gasteiger partial charge on any atom is 0.244 e. The summed E-state index contributed by atoms with van der Waals surface area (Å²) in [5, 5.41) is 4.37. The zero-order valence-corrected chi connectivity index (χ0v) is 19.3. The van der Waals surface area contributed by atoms with Crippen LogP contribution in [0.15, 0.2) is 35.6 Å². The van der Waals surface area contributed by atoms with Crippen molar-refractivity contribution in [2.45, 2.75) is 31.3 Å². The van der Waals surface area contributed by atoms with Crippen LogP contribution in [0.3, 0.4) is 0 Å². The Kier molecular flexibility index (Phi) is 6.90. The van der Waals surface area contributed by atoms with Crippen LogP contribution in [0, 0.1) is 0 Å². The fourth-order valence-corrected chi connectivity index (χ4v) is 5.54. The second-order valence-corrected chi connectivity index (χ2v) is 10.3. The summed E-state index contributed by atoms with van der Waals surface area (Å²) in [4.78, 5) is 11.6. The highest BCUT2D eigenvalue weighted by Gasteiger charge is 2.28. The number of piperazine rings is 1. The topological polar surface area (TPSA) is 77.8 Å². The molecule has 0 saturated carbocycles. The molecule has 0 radical (unpaired) electrons. The standard InChI is InChI=1S/C21H33N7O2S/c1-3-27-18-19(15-23-27)17-25-7-4-8-26(12-11-25)21-6-5-20(16-22-21)31(29,30)28-13-9-24(2)10-14-28/h5-6,15-16,18H,3-4,7-14,17H2,1-2H3. The average molecular weight is 448 g/mol. The first-order valence-electron chi connectivity index (χ1n) is 11.1. The van der Waals surface area contributed by atoms with Gasteiger partial charge < -0.3 is 9.80 Å². The van der Waals surface area contributed by atoms with Gasteiger partial charge in [-0.2, -0.15) is 9.40 Å². The van der Waals surface area contributed by atoms with Gasteiger partial charge in [0.25, 0.3) is 0 Å². The van der Waals surface area contributed by atoms with E-state index >= 15 is 0 Å².